The van der Waals surface area contributed by atoms with Gasteiger partial charge in [-0.05, 0) is 56.2 Å². The minimum Gasteiger partial charge on any atom is -0.494 e. The second kappa shape index (κ2) is 7.64. The van der Waals surface area contributed by atoms with Gasteiger partial charge < -0.3 is 19.5 Å². The first kappa shape index (κ1) is 18.0. The molecule has 1 saturated heterocycles. The Hall–Kier alpha value is -2.76. The van der Waals surface area contributed by atoms with Crippen LogP contribution in [0.15, 0.2) is 30.5 Å². The molecule has 0 spiro atoms. The standard InChI is InChI=1S/C20H25N3O3/c1-4-26-18-13-14(2)16(12-15(18)3)19(24)22-8-10-23(11-9-22)20(25)17-6-5-7-21-17/h5-7,12-13,21H,4,8-11H2,1-3H3. The summed E-state index contributed by atoms with van der Waals surface area (Å²) in [6, 6.07) is 7.41. The van der Waals surface area contributed by atoms with Gasteiger partial charge in [-0.25, -0.2) is 0 Å². The molecule has 0 bridgehead atoms. The molecule has 1 aliphatic rings. The summed E-state index contributed by atoms with van der Waals surface area (Å²) in [6.45, 7) is 8.59. The van der Waals surface area contributed by atoms with Gasteiger partial charge in [-0.2, -0.15) is 0 Å². The second-order valence-electron chi connectivity index (χ2n) is 6.53. The normalized spacial score (nSPS) is 14.4. The van der Waals surface area contributed by atoms with E-state index >= 15 is 0 Å². The van der Waals surface area contributed by atoms with Crippen LogP contribution in [-0.4, -0.2) is 59.4 Å². The van der Waals surface area contributed by atoms with Crippen molar-refractivity contribution >= 4 is 11.8 Å². The van der Waals surface area contributed by atoms with Gasteiger partial charge in [0.15, 0.2) is 0 Å². The maximum absolute atomic E-state index is 12.9. The van der Waals surface area contributed by atoms with E-state index in [1.165, 1.54) is 0 Å². The van der Waals surface area contributed by atoms with Gasteiger partial charge >= 0.3 is 0 Å². The lowest BCUT2D eigenvalue weighted by Crippen LogP contribution is -2.50. The van der Waals surface area contributed by atoms with Crippen LogP contribution in [0, 0.1) is 13.8 Å². The molecule has 1 fully saturated rings. The summed E-state index contributed by atoms with van der Waals surface area (Å²) in [6.07, 6.45) is 1.74. The van der Waals surface area contributed by atoms with Crippen LogP contribution >= 0.6 is 0 Å². The third-order valence-corrected chi connectivity index (χ3v) is 4.73. The van der Waals surface area contributed by atoms with Crippen LogP contribution in [0.3, 0.4) is 0 Å². The molecular weight excluding hydrogens is 330 g/mol. The average molecular weight is 355 g/mol. The highest BCUT2D eigenvalue weighted by molar-refractivity contribution is 5.96. The number of carbonyl (C=O) groups excluding carboxylic acids is 2. The first-order valence-electron chi connectivity index (χ1n) is 8.97. The molecule has 0 aliphatic carbocycles. The number of aryl methyl sites for hydroxylation is 2. The van der Waals surface area contributed by atoms with E-state index in [0.717, 1.165) is 16.9 Å². The number of H-pyrrole nitrogens is 1. The van der Waals surface area contributed by atoms with E-state index in [-0.39, 0.29) is 11.8 Å². The van der Waals surface area contributed by atoms with Crippen LogP contribution in [0.1, 0.15) is 38.9 Å². The minimum absolute atomic E-state index is 0.0145. The predicted molar refractivity (Wildman–Crippen MR) is 99.7 cm³/mol. The Balaban J connectivity index is 1.67. The third-order valence-electron chi connectivity index (χ3n) is 4.73. The maximum Gasteiger partial charge on any atom is 0.270 e. The van der Waals surface area contributed by atoms with Crippen molar-refractivity contribution in [2.24, 2.45) is 0 Å². The van der Waals surface area contributed by atoms with E-state index in [1.807, 2.05) is 43.9 Å². The summed E-state index contributed by atoms with van der Waals surface area (Å²) >= 11 is 0. The van der Waals surface area contributed by atoms with Gasteiger partial charge in [-0.15, -0.1) is 0 Å². The Bertz CT molecular complexity index is 791. The van der Waals surface area contributed by atoms with E-state index in [4.69, 9.17) is 4.74 Å². The highest BCUT2D eigenvalue weighted by Gasteiger charge is 2.26. The molecule has 3 rings (SSSR count). The number of amides is 2. The first-order valence-corrected chi connectivity index (χ1v) is 8.97. The number of benzene rings is 1. The summed E-state index contributed by atoms with van der Waals surface area (Å²) < 4.78 is 5.60. The smallest absolute Gasteiger partial charge is 0.270 e. The van der Waals surface area contributed by atoms with Gasteiger partial charge in [0.25, 0.3) is 11.8 Å². The Labute approximate surface area is 153 Å². The predicted octanol–water partition coefficient (Wildman–Crippen LogP) is 2.63. The fraction of sp³-hybridized carbons (Fsp3) is 0.400. The minimum atomic E-state index is -0.0183. The molecular formula is C20H25N3O3. The van der Waals surface area contributed by atoms with Crippen LogP contribution in [-0.2, 0) is 0 Å². The number of rotatable bonds is 4. The van der Waals surface area contributed by atoms with Crippen molar-refractivity contribution in [3.8, 4) is 5.75 Å². The first-order chi connectivity index (χ1) is 12.5. The quantitative estimate of drug-likeness (QED) is 0.917. The number of nitrogens with one attached hydrogen (secondary N) is 1. The lowest BCUT2D eigenvalue weighted by Gasteiger charge is -2.35. The molecule has 2 aromatic rings. The molecule has 0 unspecified atom stereocenters. The Kier molecular flexibility index (Phi) is 5.30. The van der Waals surface area contributed by atoms with Crippen molar-refractivity contribution in [3.05, 3.63) is 52.8 Å². The van der Waals surface area contributed by atoms with Gasteiger partial charge in [0.2, 0.25) is 0 Å². The number of ether oxygens (including phenoxy) is 1. The Morgan fingerprint density at radius 3 is 2.27 bits per heavy atom. The zero-order chi connectivity index (χ0) is 18.7. The van der Waals surface area contributed by atoms with Crippen molar-refractivity contribution in [2.75, 3.05) is 32.8 Å². The zero-order valence-corrected chi connectivity index (χ0v) is 15.5. The summed E-state index contributed by atoms with van der Waals surface area (Å²) in [5.41, 5.74) is 3.16. The van der Waals surface area contributed by atoms with Crippen LogP contribution < -0.4 is 4.74 Å². The largest absolute Gasteiger partial charge is 0.494 e. The van der Waals surface area contributed by atoms with Gasteiger partial charge in [-0.1, -0.05) is 0 Å². The number of nitrogens with zero attached hydrogens (tertiary/aromatic N) is 2. The Morgan fingerprint density at radius 1 is 1.04 bits per heavy atom. The number of aromatic nitrogens is 1. The Morgan fingerprint density at radius 2 is 1.69 bits per heavy atom. The monoisotopic (exact) mass is 355 g/mol. The lowest BCUT2D eigenvalue weighted by atomic mass is 10.0. The van der Waals surface area contributed by atoms with Crippen LogP contribution in [0.2, 0.25) is 0 Å². The van der Waals surface area contributed by atoms with Gasteiger partial charge in [0.05, 0.1) is 6.61 Å². The molecule has 6 nitrogen and oxygen atoms in total. The van der Waals surface area contributed by atoms with Crippen molar-refractivity contribution in [1.82, 2.24) is 14.8 Å². The number of piperazine rings is 1. The molecule has 6 heteroatoms. The lowest BCUT2D eigenvalue weighted by molar-refractivity contribution is 0.0532. The second-order valence-corrected chi connectivity index (χ2v) is 6.53. The molecule has 0 saturated carbocycles. The molecule has 0 atom stereocenters. The SMILES string of the molecule is CCOc1cc(C)c(C(=O)N2CCN(C(=O)c3ccc[nH]3)CC2)cc1C. The fourth-order valence-corrected chi connectivity index (χ4v) is 3.25. The van der Waals surface area contributed by atoms with E-state index in [2.05, 4.69) is 4.98 Å². The van der Waals surface area contributed by atoms with Crippen molar-refractivity contribution in [3.63, 3.8) is 0 Å². The van der Waals surface area contributed by atoms with Crippen LogP contribution in [0.25, 0.3) is 0 Å². The van der Waals surface area contributed by atoms with Gasteiger partial charge in [0, 0.05) is 37.9 Å². The molecule has 138 valence electrons. The number of hydrogen-bond acceptors (Lipinski definition) is 3. The maximum atomic E-state index is 12.9. The van der Waals surface area contributed by atoms with E-state index < -0.39 is 0 Å². The number of hydrogen-bond donors (Lipinski definition) is 1. The molecule has 1 aliphatic heterocycles. The summed E-state index contributed by atoms with van der Waals surface area (Å²) in [5, 5.41) is 0. The third kappa shape index (κ3) is 3.59. The van der Waals surface area contributed by atoms with Gasteiger partial charge in [0.1, 0.15) is 11.4 Å². The van der Waals surface area contributed by atoms with Crippen molar-refractivity contribution in [1.29, 1.82) is 0 Å². The molecule has 1 N–H and O–H groups in total. The van der Waals surface area contributed by atoms with E-state index in [9.17, 15) is 9.59 Å². The van der Waals surface area contributed by atoms with Crippen LogP contribution in [0.5, 0.6) is 5.75 Å². The zero-order valence-electron chi connectivity index (χ0n) is 15.5. The molecule has 0 radical (unpaired) electrons. The summed E-state index contributed by atoms with van der Waals surface area (Å²) in [7, 11) is 0. The molecule has 26 heavy (non-hydrogen) atoms. The highest BCUT2D eigenvalue weighted by Crippen LogP contribution is 2.24. The van der Waals surface area contributed by atoms with E-state index in [0.29, 0.717) is 44.0 Å². The highest BCUT2D eigenvalue weighted by atomic mass is 16.5. The topological polar surface area (TPSA) is 65.6 Å². The molecule has 1 aromatic heterocycles. The molecule has 1 aromatic carbocycles. The molecule has 2 amide bonds. The average Bonchev–Trinajstić information content (AvgIpc) is 3.18. The van der Waals surface area contributed by atoms with Crippen molar-refractivity contribution < 1.29 is 14.3 Å². The van der Waals surface area contributed by atoms with E-state index in [1.54, 1.807) is 17.2 Å². The summed E-state index contributed by atoms with van der Waals surface area (Å²) in [5.74, 6) is 0.818. The number of aromatic amines is 1. The fourth-order valence-electron chi connectivity index (χ4n) is 3.25. The molecule has 2 heterocycles. The summed E-state index contributed by atoms with van der Waals surface area (Å²) in [4.78, 5) is 31.8. The number of carbonyl (C=O) groups is 2. The van der Waals surface area contributed by atoms with Crippen molar-refractivity contribution in [2.45, 2.75) is 20.8 Å². The van der Waals surface area contributed by atoms with Crippen LogP contribution in [0.4, 0.5) is 0 Å². The van der Waals surface area contributed by atoms with Gasteiger partial charge in [-0.3, -0.25) is 9.59 Å².